The molecule has 1 aromatic heterocycles. The van der Waals surface area contributed by atoms with Crippen LogP contribution < -0.4 is 4.90 Å². The maximum absolute atomic E-state index is 2.45. The van der Waals surface area contributed by atoms with E-state index in [9.17, 15) is 0 Å². The zero-order chi connectivity index (χ0) is 45.0. The zero-order valence-corrected chi connectivity index (χ0v) is 37.3. The predicted molar refractivity (Wildman–Crippen MR) is 290 cm³/mol. The van der Waals surface area contributed by atoms with Gasteiger partial charge in [-0.2, -0.15) is 0 Å². The summed E-state index contributed by atoms with van der Waals surface area (Å²) in [6.07, 6.45) is 0. The molecule has 2 heteroatoms. The van der Waals surface area contributed by atoms with Crippen LogP contribution in [0.1, 0.15) is 0 Å². The predicted octanol–water partition coefficient (Wildman–Crippen LogP) is 18.4. The van der Waals surface area contributed by atoms with Crippen molar-refractivity contribution in [1.82, 2.24) is 4.57 Å². The van der Waals surface area contributed by atoms with Gasteiger partial charge in [0.25, 0.3) is 0 Å². The smallest absolute Gasteiger partial charge is 0.0619 e. The second-order valence-corrected chi connectivity index (χ2v) is 17.7. The summed E-state index contributed by atoms with van der Waals surface area (Å²) in [7, 11) is 0. The second-order valence-electron chi connectivity index (χ2n) is 17.7. The number of fused-ring (bicyclic) bond motifs is 7. The van der Waals surface area contributed by atoms with Gasteiger partial charge in [0.15, 0.2) is 0 Å². The molecule has 0 bridgehead atoms. The van der Waals surface area contributed by atoms with Gasteiger partial charge in [0.1, 0.15) is 0 Å². The second kappa shape index (κ2) is 16.5. The van der Waals surface area contributed by atoms with E-state index >= 15 is 0 Å². The third-order valence-corrected chi connectivity index (χ3v) is 13.8. The summed E-state index contributed by atoms with van der Waals surface area (Å²) in [5, 5.41) is 9.98. The average molecular weight is 865 g/mol. The number of aromatic nitrogens is 1. The first-order valence-electron chi connectivity index (χ1n) is 23.4. The van der Waals surface area contributed by atoms with E-state index in [2.05, 4.69) is 276 Å². The Morgan fingerprint density at radius 2 is 0.735 bits per heavy atom. The molecule has 2 nitrogen and oxygen atoms in total. The van der Waals surface area contributed by atoms with Crippen molar-refractivity contribution in [3.05, 3.63) is 267 Å². The van der Waals surface area contributed by atoms with Crippen molar-refractivity contribution in [3.8, 4) is 50.2 Å². The fourth-order valence-electron chi connectivity index (χ4n) is 10.6. The van der Waals surface area contributed by atoms with Crippen LogP contribution in [0.25, 0.3) is 104 Å². The summed E-state index contributed by atoms with van der Waals surface area (Å²) in [4.78, 5) is 2.39. The van der Waals surface area contributed by atoms with Crippen molar-refractivity contribution < 1.29 is 0 Å². The minimum Gasteiger partial charge on any atom is -0.310 e. The van der Waals surface area contributed by atoms with Crippen molar-refractivity contribution in [3.63, 3.8) is 0 Å². The first-order chi connectivity index (χ1) is 33.7. The highest BCUT2D eigenvalue weighted by molar-refractivity contribution is 6.22. The largest absolute Gasteiger partial charge is 0.310 e. The number of anilines is 3. The van der Waals surface area contributed by atoms with Crippen LogP contribution in [0.5, 0.6) is 0 Å². The number of benzene rings is 12. The fraction of sp³-hybridized carbons (Fsp3) is 0. The lowest BCUT2D eigenvalue weighted by Gasteiger charge is -2.26. The molecular formula is C66H44N2. The third-order valence-electron chi connectivity index (χ3n) is 13.8. The van der Waals surface area contributed by atoms with Crippen LogP contribution in [0.4, 0.5) is 17.1 Å². The lowest BCUT2D eigenvalue weighted by atomic mass is 9.96. The molecule has 0 aliphatic carbocycles. The Morgan fingerprint density at radius 3 is 1.37 bits per heavy atom. The average Bonchev–Trinajstić information content (AvgIpc) is 3.77. The topological polar surface area (TPSA) is 8.17 Å². The Kier molecular flexibility index (Phi) is 9.54. The van der Waals surface area contributed by atoms with Crippen LogP contribution in [0, 0.1) is 0 Å². The van der Waals surface area contributed by atoms with Gasteiger partial charge in [-0.05, 0) is 126 Å². The van der Waals surface area contributed by atoms with Gasteiger partial charge in [0.2, 0.25) is 0 Å². The molecule has 0 amide bonds. The molecule has 0 atom stereocenters. The Balaban J connectivity index is 0.932. The minimum absolute atomic E-state index is 1.08. The lowest BCUT2D eigenvalue weighted by Crippen LogP contribution is -2.10. The molecule has 13 rings (SSSR count). The SMILES string of the molecule is c1ccc(-n2c3cccc(-c4cccc(N(c5ccc(-c6ccc(-c7cccc8ccccc78)cc6)cc5)c5ccc(-c6cccc7ccccc67)cc5)c4)c3c3ccc4ccccc4c32)cc1. The van der Waals surface area contributed by atoms with Gasteiger partial charge in [-0.15, -0.1) is 0 Å². The Hall–Kier alpha value is -8.98. The van der Waals surface area contributed by atoms with E-state index in [1.54, 1.807) is 0 Å². The number of hydrogen-bond donors (Lipinski definition) is 0. The monoisotopic (exact) mass is 864 g/mol. The number of para-hydroxylation sites is 1. The van der Waals surface area contributed by atoms with Gasteiger partial charge in [-0.3, -0.25) is 0 Å². The van der Waals surface area contributed by atoms with E-state index in [4.69, 9.17) is 0 Å². The third kappa shape index (κ3) is 6.73. The molecule has 68 heavy (non-hydrogen) atoms. The van der Waals surface area contributed by atoms with Gasteiger partial charge in [-0.25, -0.2) is 0 Å². The molecule has 318 valence electrons. The number of nitrogens with zero attached hydrogens (tertiary/aromatic N) is 2. The van der Waals surface area contributed by atoms with E-state index in [-0.39, 0.29) is 0 Å². The summed E-state index contributed by atoms with van der Waals surface area (Å²) in [6, 6.07) is 97.4. The molecule has 0 saturated carbocycles. The van der Waals surface area contributed by atoms with Gasteiger partial charge in [-0.1, -0.05) is 212 Å². The lowest BCUT2D eigenvalue weighted by molar-refractivity contribution is 1.19. The van der Waals surface area contributed by atoms with Crippen molar-refractivity contribution in [2.45, 2.75) is 0 Å². The molecule has 0 unspecified atom stereocenters. The Morgan fingerprint density at radius 1 is 0.265 bits per heavy atom. The molecular weight excluding hydrogens is 821 g/mol. The number of hydrogen-bond acceptors (Lipinski definition) is 1. The van der Waals surface area contributed by atoms with Crippen LogP contribution in [0.2, 0.25) is 0 Å². The van der Waals surface area contributed by atoms with E-state index in [1.807, 2.05) is 0 Å². The summed E-state index contributed by atoms with van der Waals surface area (Å²) in [5.74, 6) is 0. The molecule has 1 heterocycles. The summed E-state index contributed by atoms with van der Waals surface area (Å²) < 4.78 is 2.45. The molecule has 0 saturated heterocycles. The van der Waals surface area contributed by atoms with E-state index < -0.39 is 0 Å². The maximum Gasteiger partial charge on any atom is 0.0619 e. The van der Waals surface area contributed by atoms with Crippen LogP contribution >= 0.6 is 0 Å². The molecule has 0 N–H and O–H groups in total. The fourth-order valence-corrected chi connectivity index (χ4v) is 10.6. The number of rotatable bonds is 8. The van der Waals surface area contributed by atoms with Gasteiger partial charge < -0.3 is 9.47 Å². The first-order valence-corrected chi connectivity index (χ1v) is 23.4. The molecule has 13 aromatic rings. The van der Waals surface area contributed by atoms with Crippen LogP contribution in [0.15, 0.2) is 267 Å². The summed E-state index contributed by atoms with van der Waals surface area (Å²) in [5.41, 5.74) is 16.4. The van der Waals surface area contributed by atoms with Gasteiger partial charge in [0.05, 0.1) is 11.0 Å². The van der Waals surface area contributed by atoms with Crippen molar-refractivity contribution >= 4 is 71.2 Å². The van der Waals surface area contributed by atoms with Crippen LogP contribution in [-0.2, 0) is 0 Å². The highest BCUT2D eigenvalue weighted by atomic mass is 15.1. The molecule has 0 aliphatic rings. The minimum atomic E-state index is 1.08. The van der Waals surface area contributed by atoms with E-state index in [1.165, 1.54) is 93.1 Å². The van der Waals surface area contributed by atoms with Crippen molar-refractivity contribution in [1.29, 1.82) is 0 Å². The molecule has 0 aliphatic heterocycles. The quantitative estimate of drug-likeness (QED) is 0.148. The van der Waals surface area contributed by atoms with E-state index in [0.29, 0.717) is 0 Å². The maximum atomic E-state index is 2.45. The van der Waals surface area contributed by atoms with Crippen molar-refractivity contribution in [2.24, 2.45) is 0 Å². The highest BCUT2D eigenvalue weighted by Gasteiger charge is 2.20. The molecule has 0 fully saturated rings. The summed E-state index contributed by atoms with van der Waals surface area (Å²) in [6.45, 7) is 0. The Bertz CT molecular complexity index is 3980. The first kappa shape index (κ1) is 39.4. The van der Waals surface area contributed by atoms with Gasteiger partial charge in [0, 0.05) is 38.9 Å². The molecule has 0 radical (unpaired) electrons. The zero-order valence-electron chi connectivity index (χ0n) is 37.3. The molecule has 0 spiro atoms. The van der Waals surface area contributed by atoms with Crippen molar-refractivity contribution in [2.75, 3.05) is 4.90 Å². The standard InChI is InChI=1S/C66H44N2/c1-2-20-53(21-3-1)68-64-29-13-28-61(65(64)63-43-38-49-16-6-9-25-62(49)66(63)68)52-19-10-22-56(44-52)67(55-41-36-51(37-42-55)60-27-12-18-48-15-5-8-24-58(48)60)54-39-34-46(35-40-54)45-30-32-50(33-31-45)59-26-11-17-47-14-4-7-23-57(47)59/h1-44H. The van der Waals surface area contributed by atoms with E-state index in [0.717, 1.165) is 28.3 Å². The van der Waals surface area contributed by atoms with Crippen LogP contribution in [-0.4, -0.2) is 4.57 Å². The summed E-state index contributed by atoms with van der Waals surface area (Å²) >= 11 is 0. The molecule has 12 aromatic carbocycles. The Labute approximate surface area is 395 Å². The van der Waals surface area contributed by atoms with Gasteiger partial charge >= 0.3 is 0 Å². The van der Waals surface area contributed by atoms with Crippen LogP contribution in [0.3, 0.4) is 0 Å². The highest BCUT2D eigenvalue weighted by Crippen LogP contribution is 2.44. The normalized spacial score (nSPS) is 11.5.